The first-order valence-corrected chi connectivity index (χ1v) is 8.16. The number of nitrogens with zero attached hydrogens (tertiary/aromatic N) is 2. The van der Waals surface area contributed by atoms with Gasteiger partial charge in [0.2, 0.25) is 0 Å². The standard InChI is InChI=1S/C17H19F4N3O/c18-14-2-1-12(9-13(14)17(19,20)21)15-10-24(7-8-25)16(23-15)11-3-5-22-6-4-11/h1-2,9-11,22,25H,3-8H2. The van der Waals surface area contributed by atoms with Crippen LogP contribution in [0.2, 0.25) is 0 Å². The summed E-state index contributed by atoms with van der Waals surface area (Å²) in [7, 11) is 0. The van der Waals surface area contributed by atoms with E-state index in [0.717, 1.165) is 43.9 Å². The number of aliphatic hydroxyl groups is 1. The number of aliphatic hydroxyl groups excluding tert-OH is 1. The molecule has 1 saturated heterocycles. The van der Waals surface area contributed by atoms with E-state index in [2.05, 4.69) is 10.3 Å². The highest BCUT2D eigenvalue weighted by atomic mass is 19.4. The molecular weight excluding hydrogens is 338 g/mol. The zero-order valence-corrected chi connectivity index (χ0v) is 13.5. The maximum absolute atomic E-state index is 13.5. The summed E-state index contributed by atoms with van der Waals surface area (Å²) in [5.74, 6) is -0.364. The summed E-state index contributed by atoms with van der Waals surface area (Å²) in [6, 6.07) is 2.89. The van der Waals surface area contributed by atoms with E-state index >= 15 is 0 Å². The Bertz CT molecular complexity index is 736. The zero-order valence-electron chi connectivity index (χ0n) is 13.5. The van der Waals surface area contributed by atoms with Crippen LogP contribution in [0.15, 0.2) is 24.4 Å². The smallest absolute Gasteiger partial charge is 0.395 e. The fourth-order valence-corrected chi connectivity index (χ4v) is 3.16. The summed E-state index contributed by atoms with van der Waals surface area (Å²) in [5, 5.41) is 12.5. The molecule has 8 heteroatoms. The Morgan fingerprint density at radius 1 is 1.24 bits per heavy atom. The Morgan fingerprint density at radius 2 is 1.96 bits per heavy atom. The number of hydrogen-bond acceptors (Lipinski definition) is 3. The Labute approximate surface area is 142 Å². The normalized spacial score (nSPS) is 16.4. The molecule has 0 atom stereocenters. The molecule has 1 fully saturated rings. The van der Waals surface area contributed by atoms with E-state index in [4.69, 9.17) is 0 Å². The van der Waals surface area contributed by atoms with Gasteiger partial charge in [-0.1, -0.05) is 0 Å². The van der Waals surface area contributed by atoms with Gasteiger partial charge < -0.3 is 15.0 Å². The SMILES string of the molecule is OCCn1cc(-c2ccc(F)c(C(F)(F)F)c2)nc1C1CCNCC1. The lowest BCUT2D eigenvalue weighted by Crippen LogP contribution is -2.28. The molecule has 0 aliphatic carbocycles. The van der Waals surface area contributed by atoms with Crippen molar-refractivity contribution >= 4 is 0 Å². The molecule has 2 heterocycles. The topological polar surface area (TPSA) is 50.1 Å². The largest absolute Gasteiger partial charge is 0.419 e. The number of nitrogens with one attached hydrogen (secondary N) is 1. The van der Waals surface area contributed by atoms with Gasteiger partial charge in [-0.05, 0) is 44.1 Å². The number of piperidine rings is 1. The van der Waals surface area contributed by atoms with Crippen molar-refractivity contribution in [3.05, 3.63) is 41.6 Å². The van der Waals surface area contributed by atoms with Crippen LogP contribution in [-0.2, 0) is 12.7 Å². The van der Waals surface area contributed by atoms with Gasteiger partial charge in [-0.2, -0.15) is 13.2 Å². The summed E-state index contributed by atoms with van der Waals surface area (Å²) >= 11 is 0. The van der Waals surface area contributed by atoms with Crippen LogP contribution in [0.25, 0.3) is 11.3 Å². The molecule has 0 amide bonds. The van der Waals surface area contributed by atoms with Crippen molar-refractivity contribution in [2.24, 2.45) is 0 Å². The molecule has 3 rings (SSSR count). The molecule has 1 aromatic heterocycles. The average molecular weight is 357 g/mol. The maximum Gasteiger partial charge on any atom is 0.419 e. The summed E-state index contributed by atoms with van der Waals surface area (Å²) in [4.78, 5) is 4.51. The molecule has 0 bridgehead atoms. The van der Waals surface area contributed by atoms with Crippen molar-refractivity contribution < 1.29 is 22.7 Å². The lowest BCUT2D eigenvalue weighted by atomic mass is 9.97. The summed E-state index contributed by atoms with van der Waals surface area (Å²) in [6.07, 6.45) is -1.38. The number of hydrogen-bond donors (Lipinski definition) is 2. The molecule has 0 saturated carbocycles. The van der Waals surface area contributed by atoms with Crippen molar-refractivity contribution in [2.75, 3.05) is 19.7 Å². The van der Waals surface area contributed by atoms with Crippen LogP contribution in [0.5, 0.6) is 0 Å². The number of alkyl halides is 3. The third-order valence-corrected chi connectivity index (χ3v) is 4.42. The second-order valence-electron chi connectivity index (χ2n) is 6.12. The van der Waals surface area contributed by atoms with Gasteiger partial charge >= 0.3 is 6.18 Å². The lowest BCUT2D eigenvalue weighted by Gasteiger charge is -2.22. The number of halogens is 4. The Balaban J connectivity index is 2.00. The fraction of sp³-hybridized carbons (Fsp3) is 0.471. The Hall–Kier alpha value is -1.93. The van der Waals surface area contributed by atoms with Crippen LogP contribution in [0.3, 0.4) is 0 Å². The molecule has 25 heavy (non-hydrogen) atoms. The number of imidazole rings is 1. The fourth-order valence-electron chi connectivity index (χ4n) is 3.16. The van der Waals surface area contributed by atoms with E-state index in [0.29, 0.717) is 12.2 Å². The predicted molar refractivity (Wildman–Crippen MR) is 84.6 cm³/mol. The van der Waals surface area contributed by atoms with Gasteiger partial charge in [-0.3, -0.25) is 0 Å². The van der Waals surface area contributed by atoms with E-state index in [1.807, 2.05) is 0 Å². The molecule has 0 unspecified atom stereocenters. The van der Waals surface area contributed by atoms with Gasteiger partial charge in [0.1, 0.15) is 11.6 Å². The van der Waals surface area contributed by atoms with E-state index < -0.39 is 17.6 Å². The van der Waals surface area contributed by atoms with Gasteiger partial charge in [0.15, 0.2) is 0 Å². The highest BCUT2D eigenvalue weighted by Gasteiger charge is 2.34. The van der Waals surface area contributed by atoms with E-state index in [-0.39, 0.29) is 18.1 Å². The second kappa shape index (κ2) is 7.13. The molecule has 1 aliphatic heterocycles. The van der Waals surface area contributed by atoms with Crippen molar-refractivity contribution in [3.8, 4) is 11.3 Å². The van der Waals surface area contributed by atoms with Crippen molar-refractivity contribution in [1.82, 2.24) is 14.9 Å². The minimum Gasteiger partial charge on any atom is -0.395 e. The zero-order chi connectivity index (χ0) is 18.0. The van der Waals surface area contributed by atoms with Crippen molar-refractivity contribution in [1.29, 1.82) is 0 Å². The number of aromatic nitrogens is 2. The second-order valence-corrected chi connectivity index (χ2v) is 6.12. The van der Waals surface area contributed by atoms with Crippen LogP contribution in [0, 0.1) is 5.82 Å². The highest BCUT2D eigenvalue weighted by Crippen LogP contribution is 2.35. The molecule has 2 N–H and O–H groups in total. The highest BCUT2D eigenvalue weighted by molar-refractivity contribution is 5.60. The van der Waals surface area contributed by atoms with E-state index in [1.54, 1.807) is 10.8 Å². The molecule has 0 spiro atoms. The van der Waals surface area contributed by atoms with Gasteiger partial charge in [0.05, 0.1) is 17.9 Å². The minimum absolute atomic E-state index is 0.0923. The Morgan fingerprint density at radius 3 is 2.60 bits per heavy atom. The van der Waals surface area contributed by atoms with E-state index in [1.165, 1.54) is 6.07 Å². The van der Waals surface area contributed by atoms with Crippen molar-refractivity contribution in [2.45, 2.75) is 31.5 Å². The first-order chi connectivity index (χ1) is 11.9. The molecule has 2 aromatic rings. The minimum atomic E-state index is -4.76. The number of rotatable bonds is 4. The molecule has 0 radical (unpaired) electrons. The van der Waals surface area contributed by atoms with Crippen LogP contribution in [0.4, 0.5) is 17.6 Å². The van der Waals surface area contributed by atoms with Crippen LogP contribution in [-0.4, -0.2) is 34.4 Å². The van der Waals surface area contributed by atoms with Gasteiger partial charge in [-0.25, -0.2) is 9.37 Å². The maximum atomic E-state index is 13.5. The third-order valence-electron chi connectivity index (χ3n) is 4.42. The van der Waals surface area contributed by atoms with Gasteiger partial charge in [0, 0.05) is 24.2 Å². The third kappa shape index (κ3) is 3.85. The summed E-state index contributed by atoms with van der Waals surface area (Å²) < 4.78 is 54.1. The average Bonchev–Trinajstić information content (AvgIpc) is 2.99. The van der Waals surface area contributed by atoms with Crippen LogP contribution < -0.4 is 5.32 Å². The monoisotopic (exact) mass is 357 g/mol. The molecular formula is C17H19F4N3O. The van der Waals surface area contributed by atoms with E-state index in [9.17, 15) is 22.7 Å². The van der Waals surface area contributed by atoms with Crippen LogP contribution in [0.1, 0.15) is 30.1 Å². The molecule has 1 aliphatic rings. The van der Waals surface area contributed by atoms with Gasteiger partial charge in [-0.15, -0.1) is 0 Å². The molecule has 136 valence electrons. The van der Waals surface area contributed by atoms with Crippen molar-refractivity contribution in [3.63, 3.8) is 0 Å². The van der Waals surface area contributed by atoms with Gasteiger partial charge in [0.25, 0.3) is 0 Å². The summed E-state index contributed by atoms with van der Waals surface area (Å²) in [5.41, 5.74) is -0.738. The molecule has 4 nitrogen and oxygen atoms in total. The predicted octanol–water partition coefficient (Wildman–Crippen LogP) is 3.17. The summed E-state index contributed by atoms with van der Waals surface area (Å²) in [6.45, 7) is 1.92. The first kappa shape index (κ1) is 17.9. The molecule has 1 aromatic carbocycles. The quantitative estimate of drug-likeness (QED) is 0.827. The Kier molecular flexibility index (Phi) is 5.10. The first-order valence-electron chi connectivity index (χ1n) is 8.16. The van der Waals surface area contributed by atoms with Crippen LogP contribution >= 0.6 is 0 Å². The lowest BCUT2D eigenvalue weighted by molar-refractivity contribution is -0.139. The number of benzene rings is 1.